The van der Waals surface area contributed by atoms with Crippen LogP contribution >= 0.6 is 11.6 Å². The van der Waals surface area contributed by atoms with Crippen molar-refractivity contribution >= 4 is 23.4 Å². The van der Waals surface area contributed by atoms with Crippen LogP contribution in [-0.2, 0) is 0 Å². The molecule has 2 N–H and O–H groups in total. The number of likely N-dealkylation sites (N-methyl/N-ethyl adjacent to an activating group) is 1. The van der Waals surface area contributed by atoms with Crippen LogP contribution in [0.1, 0.15) is 5.56 Å². The molecule has 18 heavy (non-hydrogen) atoms. The monoisotopic (exact) mass is 265 g/mol. The number of rotatable bonds is 3. The molecule has 1 heterocycles. The molecule has 1 aliphatic rings. The van der Waals surface area contributed by atoms with E-state index in [4.69, 9.17) is 17.3 Å². The Kier molecular flexibility index (Phi) is 4.64. The number of anilines is 1. The van der Waals surface area contributed by atoms with Crippen LogP contribution in [0.3, 0.4) is 0 Å². The number of hydrogen-bond donors (Lipinski definition) is 1. The number of piperazine rings is 1. The minimum atomic E-state index is 0.553. The molecular weight excluding hydrogens is 246 g/mol. The SMILES string of the molecule is CN1CCN(c2ccc(/C=C/CN)cc2Cl)CC1. The first-order valence-corrected chi connectivity index (χ1v) is 6.68. The van der Waals surface area contributed by atoms with Crippen molar-refractivity contribution in [1.82, 2.24) is 4.90 Å². The van der Waals surface area contributed by atoms with Crippen molar-refractivity contribution in [3.8, 4) is 0 Å². The van der Waals surface area contributed by atoms with E-state index in [1.54, 1.807) is 0 Å². The summed E-state index contributed by atoms with van der Waals surface area (Å²) in [6.45, 7) is 4.80. The number of nitrogens with zero attached hydrogens (tertiary/aromatic N) is 2. The van der Waals surface area contributed by atoms with Crippen molar-refractivity contribution < 1.29 is 0 Å². The van der Waals surface area contributed by atoms with Gasteiger partial charge in [0.1, 0.15) is 0 Å². The van der Waals surface area contributed by atoms with Gasteiger partial charge in [0.15, 0.2) is 0 Å². The van der Waals surface area contributed by atoms with Crippen molar-refractivity contribution in [2.75, 3.05) is 44.7 Å². The smallest absolute Gasteiger partial charge is 0.0645 e. The first-order valence-electron chi connectivity index (χ1n) is 6.30. The minimum Gasteiger partial charge on any atom is -0.368 e. The Morgan fingerprint density at radius 2 is 2.00 bits per heavy atom. The Bertz CT molecular complexity index is 423. The van der Waals surface area contributed by atoms with Crippen LogP contribution in [0.25, 0.3) is 6.08 Å². The van der Waals surface area contributed by atoms with Crippen molar-refractivity contribution in [2.45, 2.75) is 0 Å². The lowest BCUT2D eigenvalue weighted by Crippen LogP contribution is -2.44. The number of nitrogens with two attached hydrogens (primary N) is 1. The molecule has 0 atom stereocenters. The van der Waals surface area contributed by atoms with E-state index < -0.39 is 0 Å². The van der Waals surface area contributed by atoms with Gasteiger partial charge in [-0.25, -0.2) is 0 Å². The Labute approximate surface area is 114 Å². The topological polar surface area (TPSA) is 32.5 Å². The molecule has 3 nitrogen and oxygen atoms in total. The average molecular weight is 266 g/mol. The van der Waals surface area contributed by atoms with Gasteiger partial charge in [-0.1, -0.05) is 29.8 Å². The standard InChI is InChI=1S/C14H20ClN3/c1-17-7-9-18(10-8-17)14-5-4-12(3-2-6-16)11-13(14)15/h2-5,11H,6-10,16H2,1H3/b3-2+. The van der Waals surface area contributed by atoms with E-state index in [9.17, 15) is 0 Å². The summed E-state index contributed by atoms with van der Waals surface area (Å²) < 4.78 is 0. The molecule has 1 aromatic rings. The van der Waals surface area contributed by atoms with Crippen molar-refractivity contribution in [2.24, 2.45) is 5.73 Å². The molecule has 0 spiro atoms. The molecule has 0 saturated carbocycles. The maximum Gasteiger partial charge on any atom is 0.0645 e. The molecule has 0 amide bonds. The van der Waals surface area contributed by atoms with E-state index in [0.29, 0.717) is 6.54 Å². The fourth-order valence-corrected chi connectivity index (χ4v) is 2.44. The van der Waals surface area contributed by atoms with Crippen LogP contribution in [0, 0.1) is 0 Å². The highest BCUT2D eigenvalue weighted by molar-refractivity contribution is 6.33. The Morgan fingerprint density at radius 3 is 2.61 bits per heavy atom. The predicted molar refractivity (Wildman–Crippen MR) is 79.3 cm³/mol. The quantitative estimate of drug-likeness (QED) is 0.908. The molecule has 0 aromatic heterocycles. The van der Waals surface area contributed by atoms with E-state index >= 15 is 0 Å². The van der Waals surface area contributed by atoms with Crippen LogP contribution in [0.5, 0.6) is 0 Å². The highest BCUT2D eigenvalue weighted by Gasteiger charge is 2.16. The lowest BCUT2D eigenvalue weighted by Gasteiger charge is -2.34. The van der Waals surface area contributed by atoms with Gasteiger partial charge in [0.05, 0.1) is 10.7 Å². The van der Waals surface area contributed by atoms with E-state index in [-0.39, 0.29) is 0 Å². The van der Waals surface area contributed by atoms with Crippen molar-refractivity contribution in [1.29, 1.82) is 0 Å². The third kappa shape index (κ3) is 3.25. The summed E-state index contributed by atoms with van der Waals surface area (Å²) in [5, 5.41) is 0.818. The van der Waals surface area contributed by atoms with E-state index in [1.165, 1.54) is 0 Å². The second-order valence-corrected chi connectivity index (χ2v) is 5.05. The molecule has 4 heteroatoms. The number of halogens is 1. The second-order valence-electron chi connectivity index (χ2n) is 4.64. The van der Waals surface area contributed by atoms with E-state index in [0.717, 1.165) is 42.5 Å². The molecule has 1 aromatic carbocycles. The van der Waals surface area contributed by atoms with E-state index in [2.05, 4.69) is 29.0 Å². The minimum absolute atomic E-state index is 0.553. The summed E-state index contributed by atoms with van der Waals surface area (Å²) in [5.41, 5.74) is 7.68. The fourth-order valence-electron chi connectivity index (χ4n) is 2.13. The molecular formula is C14H20ClN3. The van der Waals surface area contributed by atoms with Gasteiger partial charge in [0.2, 0.25) is 0 Å². The van der Waals surface area contributed by atoms with Crippen LogP contribution in [0.2, 0.25) is 5.02 Å². The van der Waals surface area contributed by atoms with Crippen LogP contribution in [0.4, 0.5) is 5.69 Å². The average Bonchev–Trinajstić information content (AvgIpc) is 2.38. The zero-order valence-electron chi connectivity index (χ0n) is 10.8. The summed E-state index contributed by atoms with van der Waals surface area (Å²) in [6.07, 6.45) is 3.93. The van der Waals surface area contributed by atoms with Gasteiger partial charge in [0.25, 0.3) is 0 Å². The van der Waals surface area contributed by atoms with Gasteiger partial charge in [-0.05, 0) is 24.7 Å². The molecule has 98 valence electrons. The normalized spacial score (nSPS) is 17.6. The Morgan fingerprint density at radius 1 is 1.28 bits per heavy atom. The van der Waals surface area contributed by atoms with Gasteiger partial charge in [0, 0.05) is 32.7 Å². The largest absolute Gasteiger partial charge is 0.368 e. The van der Waals surface area contributed by atoms with Gasteiger partial charge in [-0.3, -0.25) is 0 Å². The predicted octanol–water partition coefficient (Wildman–Crippen LogP) is 2.06. The maximum atomic E-state index is 6.36. The fraction of sp³-hybridized carbons (Fsp3) is 0.429. The van der Waals surface area contributed by atoms with E-state index in [1.807, 2.05) is 18.2 Å². The van der Waals surface area contributed by atoms with Crippen LogP contribution < -0.4 is 10.6 Å². The molecule has 1 aliphatic heterocycles. The molecule has 0 unspecified atom stereocenters. The first-order chi connectivity index (χ1) is 8.70. The third-order valence-electron chi connectivity index (χ3n) is 3.26. The van der Waals surface area contributed by atoms with Crippen molar-refractivity contribution in [3.63, 3.8) is 0 Å². The molecule has 1 fully saturated rings. The molecule has 0 aliphatic carbocycles. The van der Waals surface area contributed by atoms with Gasteiger partial charge >= 0.3 is 0 Å². The van der Waals surface area contributed by atoms with Gasteiger partial charge in [-0.2, -0.15) is 0 Å². The van der Waals surface area contributed by atoms with Gasteiger partial charge < -0.3 is 15.5 Å². The zero-order valence-corrected chi connectivity index (χ0v) is 11.5. The molecule has 1 saturated heterocycles. The number of benzene rings is 1. The second kappa shape index (κ2) is 6.23. The molecule has 2 rings (SSSR count). The summed E-state index contributed by atoms with van der Waals surface area (Å²) in [4.78, 5) is 4.68. The molecule has 0 bridgehead atoms. The Hall–Kier alpha value is -1.03. The summed E-state index contributed by atoms with van der Waals surface area (Å²) in [7, 11) is 2.15. The lowest BCUT2D eigenvalue weighted by atomic mass is 10.1. The highest BCUT2D eigenvalue weighted by atomic mass is 35.5. The van der Waals surface area contributed by atoms with Gasteiger partial charge in [-0.15, -0.1) is 0 Å². The highest BCUT2D eigenvalue weighted by Crippen LogP contribution is 2.28. The molecule has 0 radical (unpaired) electrons. The van der Waals surface area contributed by atoms with Crippen LogP contribution in [-0.4, -0.2) is 44.7 Å². The summed E-state index contributed by atoms with van der Waals surface area (Å²) >= 11 is 6.36. The zero-order chi connectivity index (χ0) is 13.0. The maximum absolute atomic E-state index is 6.36. The van der Waals surface area contributed by atoms with Crippen molar-refractivity contribution in [3.05, 3.63) is 34.9 Å². The third-order valence-corrected chi connectivity index (χ3v) is 3.56. The first kappa shape index (κ1) is 13.4. The summed E-state index contributed by atoms with van der Waals surface area (Å²) in [6, 6.07) is 6.19. The van der Waals surface area contributed by atoms with Crippen LogP contribution in [0.15, 0.2) is 24.3 Å². The number of hydrogen-bond acceptors (Lipinski definition) is 3. The Balaban J connectivity index is 2.12. The summed E-state index contributed by atoms with van der Waals surface area (Å²) in [5.74, 6) is 0. The lowest BCUT2D eigenvalue weighted by molar-refractivity contribution is 0.313.